The van der Waals surface area contributed by atoms with Gasteiger partial charge in [-0.2, -0.15) is 0 Å². The van der Waals surface area contributed by atoms with Crippen molar-refractivity contribution in [2.75, 3.05) is 17.3 Å². The van der Waals surface area contributed by atoms with Crippen molar-refractivity contribution in [1.82, 2.24) is 0 Å². The number of nitrogens with zero attached hydrogens (tertiary/aromatic N) is 1. The lowest BCUT2D eigenvalue weighted by atomic mass is 10.0. The van der Waals surface area contributed by atoms with E-state index in [4.69, 9.17) is 4.74 Å². The Hall–Kier alpha value is -4.32. The van der Waals surface area contributed by atoms with Gasteiger partial charge in [-0.05, 0) is 42.8 Å². The standard InChI is InChI=1S/C26H22N2O4/c1-17-9-6-7-13-22(17)27-25(30)21-16-15-19-20(24(21)29)12-8-14-23(19)28(2)26(31)32-18-10-4-3-5-11-18/h3-16,29H,1-2H3,(H,27,30). The number of rotatable bonds is 4. The average Bonchev–Trinajstić information content (AvgIpc) is 2.80. The van der Waals surface area contributed by atoms with E-state index in [0.29, 0.717) is 27.9 Å². The van der Waals surface area contributed by atoms with E-state index >= 15 is 0 Å². The first kappa shape index (κ1) is 20.9. The fraction of sp³-hybridized carbons (Fsp3) is 0.0769. The molecule has 6 nitrogen and oxygen atoms in total. The van der Waals surface area contributed by atoms with Gasteiger partial charge < -0.3 is 15.2 Å². The summed E-state index contributed by atoms with van der Waals surface area (Å²) in [7, 11) is 1.59. The molecule has 0 atom stereocenters. The predicted octanol–water partition coefficient (Wildman–Crippen LogP) is 5.74. The van der Waals surface area contributed by atoms with Crippen molar-refractivity contribution in [3.05, 3.63) is 96.1 Å². The fourth-order valence-corrected chi connectivity index (χ4v) is 3.46. The molecule has 0 aliphatic carbocycles. The summed E-state index contributed by atoms with van der Waals surface area (Å²) < 4.78 is 5.41. The lowest BCUT2D eigenvalue weighted by Crippen LogP contribution is -2.29. The van der Waals surface area contributed by atoms with Gasteiger partial charge in [0.05, 0.1) is 11.3 Å². The smallest absolute Gasteiger partial charge is 0.419 e. The van der Waals surface area contributed by atoms with E-state index in [1.807, 2.05) is 31.2 Å². The third kappa shape index (κ3) is 4.11. The van der Waals surface area contributed by atoms with Crippen LogP contribution in [0, 0.1) is 6.92 Å². The number of benzene rings is 4. The number of para-hydroxylation sites is 2. The summed E-state index contributed by atoms with van der Waals surface area (Å²) >= 11 is 0. The van der Waals surface area contributed by atoms with Crippen LogP contribution in [0.3, 0.4) is 0 Å². The molecule has 0 aromatic heterocycles. The van der Waals surface area contributed by atoms with E-state index in [0.717, 1.165) is 5.56 Å². The van der Waals surface area contributed by atoms with Crippen LogP contribution in [0.4, 0.5) is 16.2 Å². The number of amides is 2. The molecule has 0 aliphatic heterocycles. The normalized spacial score (nSPS) is 10.6. The molecule has 2 N–H and O–H groups in total. The van der Waals surface area contributed by atoms with Gasteiger partial charge >= 0.3 is 6.09 Å². The highest BCUT2D eigenvalue weighted by Gasteiger charge is 2.20. The fourth-order valence-electron chi connectivity index (χ4n) is 3.46. The van der Waals surface area contributed by atoms with Gasteiger partial charge in [0.2, 0.25) is 0 Å². The van der Waals surface area contributed by atoms with Crippen LogP contribution in [-0.2, 0) is 0 Å². The number of ether oxygens (including phenoxy) is 1. The first-order valence-electron chi connectivity index (χ1n) is 10.1. The maximum absolute atomic E-state index is 12.8. The Kier molecular flexibility index (Phi) is 5.77. The van der Waals surface area contributed by atoms with Gasteiger partial charge in [0.25, 0.3) is 5.91 Å². The summed E-state index contributed by atoms with van der Waals surface area (Å²) in [5, 5.41) is 14.8. The number of anilines is 2. The Balaban J connectivity index is 1.64. The molecule has 0 unspecified atom stereocenters. The van der Waals surface area contributed by atoms with Crippen LogP contribution in [0.1, 0.15) is 15.9 Å². The molecule has 4 rings (SSSR count). The number of carbonyl (C=O) groups excluding carboxylic acids is 2. The summed E-state index contributed by atoms with van der Waals surface area (Å²) in [4.78, 5) is 26.8. The molecule has 0 spiro atoms. The quantitative estimate of drug-likeness (QED) is 0.436. The van der Waals surface area contributed by atoms with E-state index in [1.165, 1.54) is 4.90 Å². The molecule has 0 saturated heterocycles. The van der Waals surface area contributed by atoms with Gasteiger partial charge in [0.15, 0.2) is 0 Å². The molecule has 0 bridgehead atoms. The summed E-state index contributed by atoms with van der Waals surface area (Å²) in [6.45, 7) is 1.90. The van der Waals surface area contributed by atoms with Crippen LogP contribution in [0.25, 0.3) is 10.8 Å². The molecular weight excluding hydrogens is 404 g/mol. The number of carbonyl (C=O) groups is 2. The van der Waals surface area contributed by atoms with Crippen molar-refractivity contribution in [3.8, 4) is 11.5 Å². The first-order valence-corrected chi connectivity index (χ1v) is 10.1. The van der Waals surface area contributed by atoms with Crippen LogP contribution in [0.5, 0.6) is 11.5 Å². The average molecular weight is 426 g/mol. The minimum atomic E-state index is -0.565. The summed E-state index contributed by atoms with van der Waals surface area (Å²) in [5.74, 6) is -0.135. The minimum Gasteiger partial charge on any atom is -0.506 e. The highest BCUT2D eigenvalue weighted by Crippen LogP contribution is 2.35. The first-order chi connectivity index (χ1) is 15.5. The van der Waals surface area contributed by atoms with Crippen molar-refractivity contribution in [2.45, 2.75) is 6.92 Å². The molecule has 6 heteroatoms. The summed E-state index contributed by atoms with van der Waals surface area (Å²) in [5.41, 5.74) is 2.29. The molecule has 0 heterocycles. The number of fused-ring (bicyclic) bond motifs is 1. The van der Waals surface area contributed by atoms with Gasteiger partial charge in [-0.25, -0.2) is 4.79 Å². The molecule has 32 heavy (non-hydrogen) atoms. The third-order valence-electron chi connectivity index (χ3n) is 5.23. The van der Waals surface area contributed by atoms with Gasteiger partial charge in [0.1, 0.15) is 11.5 Å². The Morgan fingerprint density at radius 3 is 2.31 bits per heavy atom. The Bertz CT molecular complexity index is 1300. The molecule has 160 valence electrons. The summed E-state index contributed by atoms with van der Waals surface area (Å²) in [6.07, 6.45) is -0.565. The molecule has 0 aliphatic rings. The Labute approximate surface area is 185 Å². The van der Waals surface area contributed by atoms with Crippen LogP contribution < -0.4 is 15.0 Å². The van der Waals surface area contributed by atoms with E-state index in [2.05, 4.69) is 5.32 Å². The lowest BCUT2D eigenvalue weighted by molar-refractivity contribution is 0.102. The SMILES string of the molecule is Cc1ccccc1NC(=O)c1ccc2c(N(C)C(=O)Oc3ccccc3)cccc2c1O. The van der Waals surface area contributed by atoms with Crippen LogP contribution >= 0.6 is 0 Å². The predicted molar refractivity (Wildman–Crippen MR) is 126 cm³/mol. The topological polar surface area (TPSA) is 78.9 Å². The lowest BCUT2D eigenvalue weighted by Gasteiger charge is -2.20. The highest BCUT2D eigenvalue weighted by atomic mass is 16.6. The van der Waals surface area contributed by atoms with Gasteiger partial charge in [-0.3, -0.25) is 9.69 Å². The zero-order chi connectivity index (χ0) is 22.7. The van der Waals surface area contributed by atoms with Crippen LogP contribution in [0.2, 0.25) is 0 Å². The molecule has 2 amide bonds. The second-order valence-electron chi connectivity index (χ2n) is 7.34. The maximum atomic E-state index is 12.8. The van der Waals surface area contributed by atoms with E-state index in [1.54, 1.807) is 67.7 Å². The zero-order valence-corrected chi connectivity index (χ0v) is 17.7. The van der Waals surface area contributed by atoms with Crippen molar-refractivity contribution < 1.29 is 19.4 Å². The monoisotopic (exact) mass is 426 g/mol. The maximum Gasteiger partial charge on any atom is 0.419 e. The van der Waals surface area contributed by atoms with E-state index < -0.39 is 12.0 Å². The van der Waals surface area contributed by atoms with Crippen molar-refractivity contribution >= 4 is 34.1 Å². The van der Waals surface area contributed by atoms with Gasteiger partial charge in [0, 0.05) is 23.5 Å². The second kappa shape index (κ2) is 8.81. The Morgan fingerprint density at radius 2 is 1.56 bits per heavy atom. The Morgan fingerprint density at radius 1 is 0.844 bits per heavy atom. The van der Waals surface area contributed by atoms with Gasteiger partial charge in [-0.1, -0.05) is 54.6 Å². The van der Waals surface area contributed by atoms with Crippen molar-refractivity contribution in [1.29, 1.82) is 0 Å². The molecule has 0 radical (unpaired) electrons. The van der Waals surface area contributed by atoms with Crippen LogP contribution in [0.15, 0.2) is 84.9 Å². The van der Waals surface area contributed by atoms with E-state index in [-0.39, 0.29) is 11.3 Å². The molecule has 0 saturated carbocycles. The number of aromatic hydroxyl groups is 1. The number of hydrogen-bond acceptors (Lipinski definition) is 4. The number of nitrogens with one attached hydrogen (secondary N) is 1. The molecule has 4 aromatic carbocycles. The van der Waals surface area contributed by atoms with Crippen molar-refractivity contribution in [2.24, 2.45) is 0 Å². The summed E-state index contributed by atoms with van der Waals surface area (Å²) in [6, 6.07) is 24.6. The third-order valence-corrected chi connectivity index (χ3v) is 5.23. The minimum absolute atomic E-state index is 0.146. The van der Waals surface area contributed by atoms with Crippen LogP contribution in [-0.4, -0.2) is 24.2 Å². The number of phenols is 1. The molecule has 0 fully saturated rings. The number of hydrogen-bond donors (Lipinski definition) is 2. The molecular formula is C26H22N2O4. The number of aryl methyl sites for hydroxylation is 1. The second-order valence-corrected chi connectivity index (χ2v) is 7.34. The number of phenolic OH excluding ortho intramolecular Hbond substituents is 1. The van der Waals surface area contributed by atoms with Gasteiger partial charge in [-0.15, -0.1) is 0 Å². The largest absolute Gasteiger partial charge is 0.506 e. The highest BCUT2D eigenvalue weighted by molar-refractivity contribution is 6.12. The van der Waals surface area contributed by atoms with Crippen molar-refractivity contribution in [3.63, 3.8) is 0 Å². The zero-order valence-electron chi connectivity index (χ0n) is 17.7. The molecule has 4 aromatic rings. The van der Waals surface area contributed by atoms with E-state index in [9.17, 15) is 14.7 Å².